The van der Waals surface area contributed by atoms with Crippen LogP contribution in [0.4, 0.5) is 10.5 Å². The maximum atomic E-state index is 13.3. The topological polar surface area (TPSA) is 115 Å². The number of anilines is 1. The molecule has 4 rings (SSSR count). The number of aromatic amines is 1. The second kappa shape index (κ2) is 12.9. The minimum Gasteiger partial charge on any atom is -0.490 e. The van der Waals surface area contributed by atoms with Gasteiger partial charge in [0.25, 0.3) is 5.91 Å². The van der Waals surface area contributed by atoms with Gasteiger partial charge in [-0.1, -0.05) is 54.7 Å². The summed E-state index contributed by atoms with van der Waals surface area (Å²) < 4.78 is 5.85. The Morgan fingerprint density at radius 1 is 1.02 bits per heavy atom. The lowest BCUT2D eigenvalue weighted by Gasteiger charge is -2.21. The number of aryl methyl sites for hydroxylation is 1. The van der Waals surface area contributed by atoms with E-state index in [1.165, 1.54) is 0 Å². The number of amides is 3. The van der Waals surface area contributed by atoms with Gasteiger partial charge in [-0.3, -0.25) is 4.79 Å². The molecule has 0 aliphatic carbocycles. The van der Waals surface area contributed by atoms with Gasteiger partial charge in [-0.2, -0.15) is 0 Å². The summed E-state index contributed by atoms with van der Waals surface area (Å²) >= 11 is 0. The molecular weight excluding hydrogens is 504 g/mol. The van der Waals surface area contributed by atoms with Gasteiger partial charge in [0.1, 0.15) is 12.0 Å². The minimum absolute atomic E-state index is 0.115. The lowest BCUT2D eigenvalue weighted by Crippen LogP contribution is -2.38. The molecule has 0 saturated heterocycles. The molecule has 0 bridgehead atoms. The fraction of sp³-hybridized carbons (Fsp3) is 0.250. The third kappa shape index (κ3) is 7.22. The monoisotopic (exact) mass is 538 g/mol. The van der Waals surface area contributed by atoms with E-state index >= 15 is 0 Å². The molecule has 0 saturated carbocycles. The Hall–Kier alpha value is -4.74. The number of hydrogen-bond donors (Lipinski definition) is 5. The van der Waals surface area contributed by atoms with Crippen molar-refractivity contribution in [2.75, 3.05) is 11.9 Å². The Labute approximate surface area is 234 Å². The Morgan fingerprint density at radius 3 is 2.52 bits per heavy atom. The first-order chi connectivity index (χ1) is 19.2. The number of fused-ring (bicyclic) bond motifs is 1. The van der Waals surface area contributed by atoms with E-state index in [2.05, 4.69) is 32.8 Å². The summed E-state index contributed by atoms with van der Waals surface area (Å²) in [6.45, 7) is 7.69. The number of aliphatic hydroxyl groups excluding tert-OH is 1. The van der Waals surface area contributed by atoms with Gasteiger partial charge in [0.15, 0.2) is 0 Å². The highest BCUT2D eigenvalue weighted by Crippen LogP contribution is 2.28. The van der Waals surface area contributed by atoms with Crippen LogP contribution in [0.25, 0.3) is 10.9 Å². The molecule has 3 aromatic carbocycles. The maximum absolute atomic E-state index is 13.3. The standard InChI is InChI=1S/C32H34N4O4/c1-20(2)40-29-16-13-23(8-7-17-33-32(39)35-24-14-11-21(3)12-15-24)18-26(29)31(38)36-30(37)22(4)27-19-34-28-10-6-5-9-25(27)28/h5-6,9-16,18-20,22,30,34,37H,17H2,1-4H3,(H,36,38)(H2,33,35,39)/t22-,30?/m1/s1. The van der Waals surface area contributed by atoms with Crippen molar-refractivity contribution in [1.82, 2.24) is 15.6 Å². The zero-order chi connectivity index (χ0) is 28.6. The summed E-state index contributed by atoms with van der Waals surface area (Å²) in [5.41, 5.74) is 4.49. The van der Waals surface area contributed by atoms with Gasteiger partial charge in [-0.25, -0.2) is 4.79 Å². The number of aromatic nitrogens is 1. The van der Waals surface area contributed by atoms with E-state index in [1.54, 1.807) is 18.2 Å². The normalized spacial score (nSPS) is 12.2. The van der Waals surface area contributed by atoms with Crippen LogP contribution in [0.1, 0.15) is 53.7 Å². The Morgan fingerprint density at radius 2 is 1.77 bits per heavy atom. The molecule has 0 aliphatic rings. The Bertz CT molecular complexity index is 1550. The molecule has 40 heavy (non-hydrogen) atoms. The van der Waals surface area contributed by atoms with Gasteiger partial charge in [0, 0.05) is 34.3 Å². The average molecular weight is 539 g/mol. The number of benzene rings is 3. The minimum atomic E-state index is -1.13. The molecule has 2 atom stereocenters. The van der Waals surface area contributed by atoms with E-state index in [-0.39, 0.29) is 30.2 Å². The molecule has 1 unspecified atom stereocenters. The first-order valence-electron chi connectivity index (χ1n) is 13.2. The smallest absolute Gasteiger partial charge is 0.319 e. The molecule has 5 N–H and O–H groups in total. The van der Waals surface area contributed by atoms with Crippen LogP contribution in [0, 0.1) is 18.8 Å². The number of para-hydroxylation sites is 1. The summed E-state index contributed by atoms with van der Waals surface area (Å²) in [6, 6.07) is 20.0. The van der Waals surface area contributed by atoms with Crippen molar-refractivity contribution in [3.8, 4) is 17.6 Å². The van der Waals surface area contributed by atoms with Gasteiger partial charge >= 0.3 is 6.03 Å². The largest absolute Gasteiger partial charge is 0.490 e. The lowest BCUT2D eigenvalue weighted by molar-refractivity contribution is 0.0723. The van der Waals surface area contributed by atoms with Crippen LogP contribution in [0.15, 0.2) is 72.9 Å². The first-order valence-corrected chi connectivity index (χ1v) is 13.2. The van der Waals surface area contributed by atoms with E-state index in [0.717, 1.165) is 22.0 Å². The SMILES string of the molecule is Cc1ccc(NC(=O)NCC#Cc2ccc(OC(C)C)c(C(=O)NC(O)[C@H](C)c3c[nH]c4ccccc34)c2)cc1. The number of rotatable bonds is 8. The van der Waals surface area contributed by atoms with Crippen molar-refractivity contribution in [2.45, 2.75) is 45.9 Å². The van der Waals surface area contributed by atoms with Crippen molar-refractivity contribution in [1.29, 1.82) is 0 Å². The molecule has 1 aromatic heterocycles. The summed E-state index contributed by atoms with van der Waals surface area (Å²) in [4.78, 5) is 28.6. The highest BCUT2D eigenvalue weighted by atomic mass is 16.5. The molecule has 0 spiro atoms. The number of carbonyl (C=O) groups excluding carboxylic acids is 2. The summed E-state index contributed by atoms with van der Waals surface area (Å²) in [7, 11) is 0. The van der Waals surface area contributed by atoms with Crippen LogP contribution < -0.4 is 20.7 Å². The van der Waals surface area contributed by atoms with Crippen molar-refractivity contribution < 1.29 is 19.4 Å². The maximum Gasteiger partial charge on any atom is 0.319 e. The zero-order valence-corrected chi connectivity index (χ0v) is 23.0. The fourth-order valence-electron chi connectivity index (χ4n) is 4.20. The molecule has 0 radical (unpaired) electrons. The van der Waals surface area contributed by atoms with E-state index in [9.17, 15) is 14.7 Å². The third-order valence-corrected chi connectivity index (χ3v) is 6.33. The number of nitrogens with one attached hydrogen (secondary N) is 4. The molecule has 4 aromatic rings. The van der Waals surface area contributed by atoms with Crippen molar-refractivity contribution in [3.63, 3.8) is 0 Å². The quantitative estimate of drug-likeness (QED) is 0.155. The van der Waals surface area contributed by atoms with Gasteiger partial charge in [0.05, 0.1) is 18.2 Å². The van der Waals surface area contributed by atoms with E-state index < -0.39 is 12.1 Å². The van der Waals surface area contributed by atoms with Crippen LogP contribution in [0.2, 0.25) is 0 Å². The second-order valence-corrected chi connectivity index (χ2v) is 9.85. The summed E-state index contributed by atoms with van der Waals surface area (Å²) in [5.74, 6) is 5.42. The molecular formula is C32H34N4O4. The predicted molar refractivity (Wildman–Crippen MR) is 157 cm³/mol. The number of hydrogen-bond acceptors (Lipinski definition) is 4. The van der Waals surface area contributed by atoms with Crippen LogP contribution in [-0.2, 0) is 0 Å². The van der Waals surface area contributed by atoms with Crippen molar-refractivity contribution >= 4 is 28.5 Å². The number of carbonyl (C=O) groups is 2. The number of H-pyrrole nitrogens is 1. The van der Waals surface area contributed by atoms with Crippen LogP contribution in [0.5, 0.6) is 5.75 Å². The van der Waals surface area contributed by atoms with E-state index in [4.69, 9.17) is 4.74 Å². The van der Waals surface area contributed by atoms with Crippen LogP contribution in [0.3, 0.4) is 0 Å². The number of urea groups is 1. The van der Waals surface area contributed by atoms with Crippen LogP contribution in [-0.4, -0.2) is 40.9 Å². The molecule has 206 valence electrons. The van der Waals surface area contributed by atoms with E-state index in [1.807, 2.05) is 82.4 Å². The molecule has 1 heterocycles. The highest BCUT2D eigenvalue weighted by molar-refractivity contribution is 5.97. The third-order valence-electron chi connectivity index (χ3n) is 6.33. The first kappa shape index (κ1) is 28.3. The molecule has 8 heteroatoms. The van der Waals surface area contributed by atoms with Gasteiger partial charge < -0.3 is 30.8 Å². The van der Waals surface area contributed by atoms with Crippen LogP contribution >= 0.6 is 0 Å². The highest BCUT2D eigenvalue weighted by Gasteiger charge is 2.23. The summed E-state index contributed by atoms with van der Waals surface area (Å²) in [5, 5.41) is 20.0. The Kier molecular flexibility index (Phi) is 9.10. The fourth-order valence-corrected chi connectivity index (χ4v) is 4.20. The average Bonchev–Trinajstić information content (AvgIpc) is 3.36. The second-order valence-electron chi connectivity index (χ2n) is 9.85. The van der Waals surface area contributed by atoms with Crippen molar-refractivity contribution in [2.24, 2.45) is 0 Å². The lowest BCUT2D eigenvalue weighted by atomic mass is 9.98. The molecule has 8 nitrogen and oxygen atoms in total. The number of aliphatic hydroxyl groups is 1. The molecule has 0 aliphatic heterocycles. The van der Waals surface area contributed by atoms with Gasteiger partial charge in [-0.05, 0) is 62.7 Å². The van der Waals surface area contributed by atoms with Gasteiger partial charge in [0.2, 0.25) is 0 Å². The summed E-state index contributed by atoms with van der Waals surface area (Å²) in [6.07, 6.45) is 0.558. The number of ether oxygens (including phenoxy) is 1. The van der Waals surface area contributed by atoms with E-state index in [0.29, 0.717) is 17.0 Å². The zero-order valence-electron chi connectivity index (χ0n) is 23.0. The molecule has 0 fully saturated rings. The predicted octanol–water partition coefficient (Wildman–Crippen LogP) is 5.29. The van der Waals surface area contributed by atoms with Gasteiger partial charge in [-0.15, -0.1) is 0 Å². The van der Waals surface area contributed by atoms with Crippen molar-refractivity contribution in [3.05, 3.63) is 95.2 Å². The molecule has 3 amide bonds. The Balaban J connectivity index is 1.43.